The number of hydrogen-bond acceptors (Lipinski definition) is 6. The second-order valence-electron chi connectivity index (χ2n) is 7.59. The number of imide groups is 1. The molecule has 3 aromatic rings. The molecule has 0 bridgehead atoms. The van der Waals surface area contributed by atoms with Crippen LogP contribution in [0.15, 0.2) is 65.6 Å². The van der Waals surface area contributed by atoms with Crippen molar-refractivity contribution in [2.24, 2.45) is 0 Å². The largest absolute Gasteiger partial charge is 0.493 e. The molecule has 0 N–H and O–H groups in total. The molecule has 3 aromatic carbocycles. The number of rotatable bonds is 8. The Morgan fingerprint density at radius 3 is 2.55 bits per heavy atom. The summed E-state index contributed by atoms with van der Waals surface area (Å²) in [5.41, 5.74) is 1.36. The van der Waals surface area contributed by atoms with Crippen LogP contribution in [0.1, 0.15) is 30.9 Å². The molecule has 1 aliphatic rings. The number of hydrogen-bond donors (Lipinski definition) is 0. The van der Waals surface area contributed by atoms with Gasteiger partial charge in [-0.15, -0.1) is 0 Å². The quantitative estimate of drug-likeness (QED) is 0.172. The second kappa shape index (κ2) is 9.87. The van der Waals surface area contributed by atoms with Crippen molar-refractivity contribution in [3.63, 3.8) is 0 Å². The number of non-ortho nitro benzene ring substituents is 1. The Morgan fingerprint density at radius 1 is 1.06 bits per heavy atom. The number of ether oxygens (including phenoxy) is 1. The smallest absolute Gasteiger partial charge is 0.293 e. The maximum atomic E-state index is 13.1. The molecule has 0 aromatic heterocycles. The van der Waals surface area contributed by atoms with Crippen molar-refractivity contribution >= 4 is 45.4 Å². The first-order chi connectivity index (χ1) is 16.0. The summed E-state index contributed by atoms with van der Waals surface area (Å²) in [6, 6.07) is 17.5. The zero-order valence-corrected chi connectivity index (χ0v) is 18.8. The Morgan fingerprint density at radius 2 is 1.82 bits per heavy atom. The molecule has 8 heteroatoms. The Bertz CT molecular complexity index is 1250. The monoisotopic (exact) mass is 462 g/mol. The molecule has 1 saturated heterocycles. The van der Waals surface area contributed by atoms with E-state index in [1.54, 1.807) is 18.2 Å². The van der Waals surface area contributed by atoms with Crippen LogP contribution in [-0.4, -0.2) is 27.6 Å². The average molecular weight is 463 g/mol. The molecule has 1 fully saturated rings. The van der Waals surface area contributed by atoms with Gasteiger partial charge in [0.1, 0.15) is 5.75 Å². The molecule has 0 radical (unpaired) electrons. The maximum absolute atomic E-state index is 13.1. The summed E-state index contributed by atoms with van der Waals surface area (Å²) < 4.78 is 5.99. The van der Waals surface area contributed by atoms with Crippen LogP contribution < -0.4 is 4.74 Å². The number of amides is 2. The molecule has 0 saturated carbocycles. The fourth-order valence-corrected chi connectivity index (χ4v) is 4.37. The number of carbonyl (C=O) groups excluding carboxylic acids is 2. The summed E-state index contributed by atoms with van der Waals surface area (Å²) in [6.07, 6.45) is 3.65. The summed E-state index contributed by atoms with van der Waals surface area (Å²) in [7, 11) is 0. The number of nitro groups is 1. The van der Waals surface area contributed by atoms with Gasteiger partial charge >= 0.3 is 0 Å². The van der Waals surface area contributed by atoms with Crippen LogP contribution in [0.5, 0.6) is 5.75 Å². The molecule has 1 heterocycles. The molecule has 2 amide bonds. The third-order valence-electron chi connectivity index (χ3n) is 5.32. The van der Waals surface area contributed by atoms with E-state index >= 15 is 0 Å². The lowest BCUT2D eigenvalue weighted by Crippen LogP contribution is -2.27. The van der Waals surface area contributed by atoms with Gasteiger partial charge in [0.15, 0.2) is 0 Å². The van der Waals surface area contributed by atoms with Gasteiger partial charge in [-0.25, -0.2) is 0 Å². The van der Waals surface area contributed by atoms with Crippen LogP contribution >= 0.6 is 11.8 Å². The highest BCUT2D eigenvalue weighted by atomic mass is 32.2. The number of benzene rings is 3. The first kappa shape index (κ1) is 22.5. The van der Waals surface area contributed by atoms with Gasteiger partial charge in [-0.3, -0.25) is 24.6 Å². The molecule has 4 rings (SSSR count). The zero-order chi connectivity index (χ0) is 23.4. The van der Waals surface area contributed by atoms with Gasteiger partial charge in [-0.05, 0) is 46.7 Å². The highest BCUT2D eigenvalue weighted by Crippen LogP contribution is 2.37. The topological polar surface area (TPSA) is 89.8 Å². The van der Waals surface area contributed by atoms with E-state index < -0.39 is 10.8 Å². The summed E-state index contributed by atoms with van der Waals surface area (Å²) >= 11 is 0.884. The number of fused-ring (bicyclic) bond motifs is 1. The maximum Gasteiger partial charge on any atom is 0.293 e. The van der Waals surface area contributed by atoms with Crippen LogP contribution in [0.3, 0.4) is 0 Å². The van der Waals surface area contributed by atoms with Gasteiger partial charge in [0.2, 0.25) is 0 Å². The lowest BCUT2D eigenvalue weighted by Gasteiger charge is -2.13. The summed E-state index contributed by atoms with van der Waals surface area (Å²) in [4.78, 5) is 37.5. The minimum Gasteiger partial charge on any atom is -0.493 e. The Kier molecular flexibility index (Phi) is 6.74. The van der Waals surface area contributed by atoms with E-state index in [1.165, 1.54) is 12.1 Å². The van der Waals surface area contributed by atoms with Gasteiger partial charge in [-0.2, -0.15) is 0 Å². The van der Waals surface area contributed by atoms with Crippen LogP contribution in [0.25, 0.3) is 16.8 Å². The van der Waals surface area contributed by atoms with Crippen LogP contribution in [-0.2, 0) is 11.3 Å². The summed E-state index contributed by atoms with van der Waals surface area (Å²) in [5.74, 6) is 0.278. The van der Waals surface area contributed by atoms with Crippen molar-refractivity contribution in [3.8, 4) is 5.75 Å². The number of carbonyl (C=O) groups is 2. The fourth-order valence-electron chi connectivity index (χ4n) is 3.55. The van der Waals surface area contributed by atoms with Gasteiger partial charge in [0, 0.05) is 17.7 Å². The minimum absolute atomic E-state index is 0.0423. The number of thioether (sulfide) groups is 1. The molecular weight excluding hydrogens is 440 g/mol. The van der Waals surface area contributed by atoms with E-state index in [0.717, 1.165) is 45.8 Å². The Balaban J connectivity index is 1.64. The normalized spacial score (nSPS) is 14.9. The van der Waals surface area contributed by atoms with Crippen LogP contribution in [0.4, 0.5) is 10.5 Å². The van der Waals surface area contributed by atoms with E-state index in [1.807, 2.05) is 36.4 Å². The first-order valence-electron chi connectivity index (χ1n) is 10.6. The van der Waals surface area contributed by atoms with E-state index in [0.29, 0.717) is 22.8 Å². The van der Waals surface area contributed by atoms with E-state index in [-0.39, 0.29) is 17.5 Å². The minimum atomic E-state index is -0.489. The van der Waals surface area contributed by atoms with Gasteiger partial charge in [-0.1, -0.05) is 55.8 Å². The lowest BCUT2D eigenvalue weighted by atomic mass is 10.0. The predicted octanol–water partition coefficient (Wildman–Crippen LogP) is 6.16. The van der Waals surface area contributed by atoms with Crippen molar-refractivity contribution in [2.45, 2.75) is 26.3 Å². The van der Waals surface area contributed by atoms with Crippen molar-refractivity contribution in [1.29, 1.82) is 0 Å². The molecule has 33 heavy (non-hydrogen) atoms. The average Bonchev–Trinajstić information content (AvgIpc) is 3.08. The highest BCUT2D eigenvalue weighted by molar-refractivity contribution is 8.18. The van der Waals surface area contributed by atoms with E-state index in [4.69, 9.17) is 4.74 Å². The van der Waals surface area contributed by atoms with Crippen LogP contribution in [0.2, 0.25) is 0 Å². The van der Waals surface area contributed by atoms with Crippen molar-refractivity contribution < 1.29 is 19.2 Å². The molecule has 0 aliphatic carbocycles. The molecule has 1 aliphatic heterocycles. The Labute approximate surface area is 195 Å². The summed E-state index contributed by atoms with van der Waals surface area (Å²) in [5, 5.41) is 12.4. The third-order valence-corrected chi connectivity index (χ3v) is 6.23. The van der Waals surface area contributed by atoms with Crippen molar-refractivity contribution in [3.05, 3.63) is 86.8 Å². The highest BCUT2D eigenvalue weighted by Gasteiger charge is 2.35. The van der Waals surface area contributed by atoms with Gasteiger partial charge in [0.05, 0.1) is 23.0 Å². The van der Waals surface area contributed by atoms with E-state index in [2.05, 4.69) is 6.92 Å². The molecule has 168 valence electrons. The van der Waals surface area contributed by atoms with Crippen LogP contribution in [0, 0.1) is 10.1 Å². The predicted molar refractivity (Wildman–Crippen MR) is 129 cm³/mol. The molecule has 7 nitrogen and oxygen atoms in total. The third kappa shape index (κ3) is 4.90. The first-order valence-corrected chi connectivity index (χ1v) is 11.4. The molecule has 0 spiro atoms. The number of nitrogens with zero attached hydrogens (tertiary/aromatic N) is 2. The number of nitro benzene ring substituents is 1. The molecule has 0 unspecified atom stereocenters. The van der Waals surface area contributed by atoms with Crippen molar-refractivity contribution in [2.75, 3.05) is 6.61 Å². The van der Waals surface area contributed by atoms with E-state index in [9.17, 15) is 19.7 Å². The lowest BCUT2D eigenvalue weighted by molar-refractivity contribution is -0.384. The summed E-state index contributed by atoms with van der Waals surface area (Å²) in [6.45, 7) is 2.71. The van der Waals surface area contributed by atoms with Gasteiger partial charge < -0.3 is 4.74 Å². The zero-order valence-electron chi connectivity index (χ0n) is 18.0. The van der Waals surface area contributed by atoms with Gasteiger partial charge in [0.25, 0.3) is 16.8 Å². The molecule has 0 atom stereocenters. The van der Waals surface area contributed by atoms with Crippen molar-refractivity contribution in [1.82, 2.24) is 4.90 Å². The SMILES string of the molecule is CCCCOc1ccc2ccccc2c1/C=C1/SC(=O)N(Cc2ccc([N+](=O)[O-])cc2)C1=O. The number of unbranched alkanes of at least 4 members (excludes halogenated alkanes) is 1. The fraction of sp³-hybridized carbons (Fsp3) is 0.200. The standard InChI is InChI=1S/C25H22N2O5S/c1-2-3-14-32-22-13-10-18-6-4-5-7-20(18)21(22)15-23-24(28)26(25(29)33-23)16-17-8-11-19(12-9-17)27(30)31/h4-13,15H,2-3,14,16H2,1H3/b23-15+. The second-order valence-corrected chi connectivity index (χ2v) is 8.59. The Hall–Kier alpha value is -3.65. The molecular formula is C25H22N2O5S.